The molecule has 1 aromatic rings. The van der Waals surface area contributed by atoms with Crippen LogP contribution in [0.3, 0.4) is 0 Å². The van der Waals surface area contributed by atoms with E-state index in [0.717, 1.165) is 11.4 Å². The first-order valence-electron chi connectivity index (χ1n) is 4.02. The molecule has 0 atom stereocenters. The van der Waals surface area contributed by atoms with E-state index in [-0.39, 0.29) is 6.42 Å². The Hall–Kier alpha value is -1.03. The third kappa shape index (κ3) is 2.73. The molecule has 0 saturated heterocycles. The van der Waals surface area contributed by atoms with E-state index in [4.69, 9.17) is 16.7 Å². The largest absolute Gasteiger partial charge is 0.481 e. The molecular formula is C8H11ClN2O2. The average Bonchev–Trinajstić information content (AvgIpc) is 2.35. The van der Waals surface area contributed by atoms with Gasteiger partial charge in [-0.05, 0) is 19.8 Å². The van der Waals surface area contributed by atoms with Crippen molar-refractivity contribution in [2.24, 2.45) is 0 Å². The minimum atomic E-state index is -0.789. The maximum Gasteiger partial charge on any atom is 0.303 e. The Kier molecular flexibility index (Phi) is 3.31. The molecule has 0 spiro atoms. The number of carboxylic acids is 1. The molecule has 0 amide bonds. The lowest BCUT2D eigenvalue weighted by molar-refractivity contribution is -0.137. The van der Waals surface area contributed by atoms with E-state index in [1.165, 1.54) is 0 Å². The zero-order valence-corrected chi connectivity index (χ0v) is 8.06. The first-order valence-corrected chi connectivity index (χ1v) is 4.40. The van der Waals surface area contributed by atoms with E-state index < -0.39 is 5.97 Å². The second-order valence-electron chi connectivity index (χ2n) is 2.86. The van der Waals surface area contributed by atoms with E-state index in [2.05, 4.69) is 10.2 Å². The SMILES string of the molecule is Cc1[nH]nc(CCCC(=O)O)c1Cl. The van der Waals surface area contributed by atoms with Gasteiger partial charge in [-0.1, -0.05) is 11.6 Å². The number of carbonyl (C=O) groups is 1. The van der Waals surface area contributed by atoms with Gasteiger partial charge >= 0.3 is 5.97 Å². The molecular weight excluding hydrogens is 192 g/mol. The van der Waals surface area contributed by atoms with Crippen LogP contribution in [0.5, 0.6) is 0 Å². The summed E-state index contributed by atoms with van der Waals surface area (Å²) in [6.45, 7) is 1.83. The van der Waals surface area contributed by atoms with Crippen molar-refractivity contribution < 1.29 is 9.90 Å². The maximum absolute atomic E-state index is 10.2. The predicted molar refractivity (Wildman–Crippen MR) is 48.9 cm³/mol. The van der Waals surface area contributed by atoms with Gasteiger partial charge in [0.2, 0.25) is 0 Å². The van der Waals surface area contributed by atoms with Crippen LogP contribution in [0, 0.1) is 6.92 Å². The number of aromatic nitrogens is 2. The first-order chi connectivity index (χ1) is 6.11. The van der Waals surface area contributed by atoms with Gasteiger partial charge in [0.1, 0.15) is 0 Å². The quantitative estimate of drug-likeness (QED) is 0.782. The number of nitrogens with one attached hydrogen (secondary N) is 1. The highest BCUT2D eigenvalue weighted by Crippen LogP contribution is 2.18. The summed E-state index contributed by atoms with van der Waals surface area (Å²) in [6, 6.07) is 0. The smallest absolute Gasteiger partial charge is 0.303 e. The molecule has 72 valence electrons. The third-order valence-electron chi connectivity index (χ3n) is 1.75. The number of hydrogen-bond donors (Lipinski definition) is 2. The molecule has 0 saturated carbocycles. The predicted octanol–water partition coefficient (Wildman–Crippen LogP) is 1.78. The molecule has 0 fully saturated rings. The Morgan fingerprint density at radius 1 is 1.69 bits per heavy atom. The van der Waals surface area contributed by atoms with E-state index >= 15 is 0 Å². The van der Waals surface area contributed by atoms with Crippen molar-refractivity contribution in [3.8, 4) is 0 Å². The molecule has 0 aliphatic heterocycles. The molecule has 4 nitrogen and oxygen atoms in total. The molecule has 1 heterocycles. The van der Waals surface area contributed by atoms with Crippen LogP contribution in [0.25, 0.3) is 0 Å². The third-order valence-corrected chi connectivity index (χ3v) is 2.25. The number of carboxylic acid groups (broad SMARTS) is 1. The van der Waals surface area contributed by atoms with Gasteiger partial charge in [-0.25, -0.2) is 0 Å². The topological polar surface area (TPSA) is 66.0 Å². The number of halogens is 1. The second kappa shape index (κ2) is 4.28. The Morgan fingerprint density at radius 3 is 2.85 bits per heavy atom. The normalized spacial score (nSPS) is 10.3. The second-order valence-corrected chi connectivity index (χ2v) is 3.23. The summed E-state index contributed by atoms with van der Waals surface area (Å²) < 4.78 is 0. The zero-order valence-electron chi connectivity index (χ0n) is 7.30. The average molecular weight is 203 g/mol. The Balaban J connectivity index is 2.45. The van der Waals surface area contributed by atoms with Crippen molar-refractivity contribution in [2.45, 2.75) is 26.2 Å². The van der Waals surface area contributed by atoms with Crippen molar-refractivity contribution in [3.05, 3.63) is 16.4 Å². The van der Waals surface area contributed by atoms with Gasteiger partial charge in [-0.15, -0.1) is 0 Å². The van der Waals surface area contributed by atoms with Crippen LogP contribution in [-0.4, -0.2) is 21.3 Å². The number of aromatic amines is 1. The van der Waals surface area contributed by atoms with Crippen LogP contribution in [-0.2, 0) is 11.2 Å². The fourth-order valence-electron chi connectivity index (χ4n) is 1.04. The summed E-state index contributed by atoms with van der Waals surface area (Å²) >= 11 is 5.88. The molecule has 13 heavy (non-hydrogen) atoms. The fraction of sp³-hybridized carbons (Fsp3) is 0.500. The summed E-state index contributed by atoms with van der Waals surface area (Å²) in [4.78, 5) is 10.2. The van der Waals surface area contributed by atoms with Gasteiger partial charge in [0.05, 0.1) is 16.4 Å². The molecule has 2 N–H and O–H groups in total. The summed E-state index contributed by atoms with van der Waals surface area (Å²) in [7, 11) is 0. The zero-order chi connectivity index (χ0) is 9.84. The lowest BCUT2D eigenvalue weighted by atomic mass is 10.2. The summed E-state index contributed by atoms with van der Waals surface area (Å²) in [6.07, 6.45) is 1.33. The van der Waals surface area contributed by atoms with Crippen molar-refractivity contribution in [1.82, 2.24) is 10.2 Å². The molecule has 1 aromatic heterocycles. The molecule has 0 aromatic carbocycles. The summed E-state index contributed by atoms with van der Waals surface area (Å²) in [5, 5.41) is 15.7. The van der Waals surface area contributed by atoms with Crippen molar-refractivity contribution in [3.63, 3.8) is 0 Å². The molecule has 0 aliphatic rings. The van der Waals surface area contributed by atoms with Crippen molar-refractivity contribution in [1.29, 1.82) is 0 Å². The summed E-state index contributed by atoms with van der Waals surface area (Å²) in [5.74, 6) is -0.789. The summed E-state index contributed by atoms with van der Waals surface area (Å²) in [5.41, 5.74) is 1.58. The van der Waals surface area contributed by atoms with E-state index in [0.29, 0.717) is 17.9 Å². The van der Waals surface area contributed by atoms with Gasteiger partial charge < -0.3 is 5.11 Å². The van der Waals surface area contributed by atoms with Crippen LogP contribution in [0.2, 0.25) is 5.02 Å². The minimum Gasteiger partial charge on any atom is -0.481 e. The highest BCUT2D eigenvalue weighted by atomic mass is 35.5. The van der Waals surface area contributed by atoms with E-state index in [9.17, 15) is 4.79 Å². The number of aryl methyl sites for hydroxylation is 2. The number of rotatable bonds is 4. The van der Waals surface area contributed by atoms with Crippen LogP contribution in [0.1, 0.15) is 24.2 Å². The monoisotopic (exact) mass is 202 g/mol. The van der Waals surface area contributed by atoms with Crippen LogP contribution in [0.15, 0.2) is 0 Å². The highest BCUT2D eigenvalue weighted by Gasteiger charge is 2.07. The molecule has 0 aliphatic carbocycles. The fourth-order valence-corrected chi connectivity index (χ4v) is 1.22. The van der Waals surface area contributed by atoms with Crippen LogP contribution >= 0.6 is 11.6 Å². The van der Waals surface area contributed by atoms with Crippen LogP contribution in [0.4, 0.5) is 0 Å². The van der Waals surface area contributed by atoms with Gasteiger partial charge in [-0.3, -0.25) is 9.89 Å². The van der Waals surface area contributed by atoms with Gasteiger partial charge in [0.15, 0.2) is 0 Å². The first kappa shape index (κ1) is 10.1. The Morgan fingerprint density at radius 2 is 2.38 bits per heavy atom. The van der Waals surface area contributed by atoms with Gasteiger partial charge in [0, 0.05) is 6.42 Å². The van der Waals surface area contributed by atoms with Gasteiger partial charge in [0.25, 0.3) is 0 Å². The van der Waals surface area contributed by atoms with Gasteiger partial charge in [-0.2, -0.15) is 5.10 Å². The number of H-pyrrole nitrogens is 1. The Bertz CT molecular complexity index is 309. The van der Waals surface area contributed by atoms with E-state index in [1.807, 2.05) is 6.92 Å². The molecule has 0 radical (unpaired) electrons. The molecule has 0 bridgehead atoms. The minimum absolute atomic E-state index is 0.155. The van der Waals surface area contributed by atoms with E-state index in [1.54, 1.807) is 0 Å². The lowest BCUT2D eigenvalue weighted by Crippen LogP contribution is -1.96. The van der Waals surface area contributed by atoms with Crippen molar-refractivity contribution >= 4 is 17.6 Å². The molecule has 0 unspecified atom stereocenters. The maximum atomic E-state index is 10.2. The number of aliphatic carboxylic acids is 1. The molecule has 1 rings (SSSR count). The Labute approximate surface area is 80.9 Å². The van der Waals surface area contributed by atoms with Crippen LogP contribution < -0.4 is 0 Å². The standard InChI is InChI=1S/C8H11ClN2O2/c1-5-8(9)6(11-10-5)3-2-4-7(12)13/h2-4H2,1H3,(H,10,11)(H,12,13). The highest BCUT2D eigenvalue weighted by molar-refractivity contribution is 6.31. The number of nitrogens with zero attached hydrogens (tertiary/aromatic N) is 1. The van der Waals surface area contributed by atoms with Crippen molar-refractivity contribution in [2.75, 3.05) is 0 Å². The number of hydrogen-bond acceptors (Lipinski definition) is 2. The lowest BCUT2D eigenvalue weighted by Gasteiger charge is -1.94. The molecule has 5 heteroatoms.